The van der Waals surface area contributed by atoms with Crippen LogP contribution < -0.4 is 0 Å². The van der Waals surface area contributed by atoms with Crippen LogP contribution in [0.3, 0.4) is 0 Å². The van der Waals surface area contributed by atoms with Crippen molar-refractivity contribution >= 4 is 16.9 Å². The van der Waals surface area contributed by atoms with Crippen molar-refractivity contribution in [3.8, 4) is 0 Å². The van der Waals surface area contributed by atoms with Crippen LogP contribution in [-0.4, -0.2) is 36.7 Å². The van der Waals surface area contributed by atoms with Gasteiger partial charge in [-0.15, -0.1) is 0 Å². The lowest BCUT2D eigenvalue weighted by Gasteiger charge is -2.26. The Morgan fingerprint density at radius 3 is 1.71 bits per heavy atom. The van der Waals surface area contributed by atoms with Gasteiger partial charge in [-0.1, -0.05) is 0 Å². The summed E-state index contributed by atoms with van der Waals surface area (Å²) in [4.78, 5) is 0. The van der Waals surface area contributed by atoms with E-state index in [9.17, 15) is 0 Å². The predicted molar refractivity (Wildman–Crippen MR) is 78.2 cm³/mol. The first-order valence-electron chi connectivity index (χ1n) is 6.75. The van der Waals surface area contributed by atoms with Crippen molar-refractivity contribution in [1.82, 2.24) is 0 Å². The van der Waals surface area contributed by atoms with Crippen LogP contribution in [-0.2, 0) is 13.3 Å². The van der Waals surface area contributed by atoms with Gasteiger partial charge in [-0.25, -0.2) is 0 Å². The van der Waals surface area contributed by atoms with E-state index in [0.717, 1.165) is 38.7 Å². The molecule has 17 heavy (non-hydrogen) atoms. The maximum Gasteiger partial charge on any atom is 0.334 e. The van der Waals surface area contributed by atoms with E-state index in [2.05, 4.69) is 26.2 Å². The summed E-state index contributed by atoms with van der Waals surface area (Å²) in [5.41, 5.74) is 0. The Morgan fingerprint density at radius 1 is 0.765 bits per heavy atom. The van der Waals surface area contributed by atoms with Gasteiger partial charge in [-0.2, -0.15) is 0 Å². The second kappa shape index (κ2) is 8.42. The van der Waals surface area contributed by atoms with Gasteiger partial charge in [0, 0.05) is 19.8 Å². The van der Waals surface area contributed by atoms with Gasteiger partial charge in [0.05, 0.1) is 0 Å². The van der Waals surface area contributed by atoms with Gasteiger partial charge in [0.15, 0.2) is 8.32 Å². The molecule has 5 heteroatoms. The van der Waals surface area contributed by atoms with E-state index in [1.54, 1.807) is 0 Å². The highest BCUT2D eigenvalue weighted by Crippen LogP contribution is 2.17. The van der Waals surface area contributed by atoms with Crippen LogP contribution in [0.4, 0.5) is 0 Å². The van der Waals surface area contributed by atoms with Gasteiger partial charge < -0.3 is 13.3 Å². The predicted octanol–water partition coefficient (Wildman–Crippen LogP) is 3.76. The van der Waals surface area contributed by atoms with Gasteiger partial charge in [0.2, 0.25) is 0 Å². The molecule has 0 aromatic carbocycles. The average Bonchev–Trinajstić information content (AvgIpc) is 2.16. The fourth-order valence-electron chi connectivity index (χ4n) is 1.72. The minimum atomic E-state index is -1.89. The molecule has 0 aliphatic heterocycles. The quantitative estimate of drug-likeness (QED) is 0.450. The first kappa shape index (κ1) is 17.3. The Bertz CT molecular complexity index is 187. The van der Waals surface area contributed by atoms with E-state index in [4.69, 9.17) is 13.3 Å². The third kappa shape index (κ3) is 9.97. The molecule has 0 amide bonds. The lowest BCUT2D eigenvalue weighted by atomic mass is 10.4. The van der Waals surface area contributed by atoms with Gasteiger partial charge in [0.25, 0.3) is 0 Å². The van der Waals surface area contributed by atoms with Crippen molar-refractivity contribution in [3.63, 3.8) is 0 Å². The summed E-state index contributed by atoms with van der Waals surface area (Å²) in [6.45, 7) is 15.3. The van der Waals surface area contributed by atoms with Crippen LogP contribution in [0, 0.1) is 0 Å². The van der Waals surface area contributed by atoms with Gasteiger partial charge in [-0.05, 0) is 58.9 Å². The second-order valence-electron chi connectivity index (χ2n) is 5.42. The van der Waals surface area contributed by atoms with Crippen LogP contribution >= 0.6 is 0 Å². The Labute approximate surface area is 109 Å². The van der Waals surface area contributed by atoms with Crippen LogP contribution in [0.5, 0.6) is 0 Å². The molecule has 0 aromatic rings. The molecule has 0 heterocycles. The van der Waals surface area contributed by atoms with Crippen molar-refractivity contribution < 1.29 is 13.3 Å². The molecule has 0 spiro atoms. The van der Waals surface area contributed by atoms with E-state index in [1.807, 2.05) is 13.8 Å². The smallest absolute Gasteiger partial charge is 0.334 e. The minimum Gasteiger partial charge on any atom is -0.418 e. The molecule has 0 atom stereocenters. The van der Waals surface area contributed by atoms with Crippen molar-refractivity contribution in [2.75, 3.05) is 19.8 Å². The molecule has 0 aliphatic rings. The van der Waals surface area contributed by atoms with Crippen LogP contribution in [0.2, 0.25) is 32.2 Å². The second-order valence-corrected chi connectivity index (χ2v) is 13.3. The molecular formula is C12H30O3Si2. The molecular weight excluding hydrogens is 248 g/mol. The monoisotopic (exact) mass is 278 g/mol. The van der Waals surface area contributed by atoms with E-state index in [-0.39, 0.29) is 0 Å². The standard InChI is InChI=1S/C12H30O3Si2/c1-7-13-17(6,14-8-2)12-10-9-11-15-16(3,4)5/h7-12H2,1-6H3. The number of hydrogen-bond acceptors (Lipinski definition) is 3. The molecule has 104 valence electrons. The van der Waals surface area contributed by atoms with Crippen molar-refractivity contribution in [1.29, 1.82) is 0 Å². The first-order valence-corrected chi connectivity index (χ1v) is 12.7. The fraction of sp³-hybridized carbons (Fsp3) is 1.00. The Morgan fingerprint density at radius 2 is 1.29 bits per heavy atom. The Balaban J connectivity index is 3.75. The van der Waals surface area contributed by atoms with Gasteiger partial charge in [0.1, 0.15) is 0 Å². The summed E-state index contributed by atoms with van der Waals surface area (Å²) in [6.07, 6.45) is 2.26. The maximum absolute atomic E-state index is 5.84. The summed E-state index contributed by atoms with van der Waals surface area (Å²) >= 11 is 0. The van der Waals surface area contributed by atoms with E-state index in [1.165, 1.54) is 0 Å². The fourth-order valence-corrected chi connectivity index (χ4v) is 4.97. The molecule has 0 aliphatic carbocycles. The highest BCUT2D eigenvalue weighted by atomic mass is 28.4. The third-order valence-corrected chi connectivity index (χ3v) is 6.59. The molecule has 0 fully saturated rings. The Hall–Kier alpha value is 0.314. The average molecular weight is 279 g/mol. The molecule has 0 N–H and O–H groups in total. The highest BCUT2D eigenvalue weighted by molar-refractivity contribution is 6.69. The third-order valence-electron chi connectivity index (χ3n) is 2.46. The molecule has 0 saturated carbocycles. The highest BCUT2D eigenvalue weighted by Gasteiger charge is 2.29. The normalized spacial score (nSPS) is 13.1. The van der Waals surface area contributed by atoms with E-state index >= 15 is 0 Å². The lowest BCUT2D eigenvalue weighted by Crippen LogP contribution is -2.38. The molecule has 0 saturated heterocycles. The molecule has 0 aromatic heterocycles. The van der Waals surface area contributed by atoms with Gasteiger partial charge in [-0.3, -0.25) is 0 Å². The topological polar surface area (TPSA) is 27.7 Å². The van der Waals surface area contributed by atoms with E-state index in [0.29, 0.717) is 0 Å². The molecule has 0 rings (SSSR count). The van der Waals surface area contributed by atoms with Crippen LogP contribution in [0.1, 0.15) is 26.7 Å². The van der Waals surface area contributed by atoms with Crippen LogP contribution in [0.15, 0.2) is 0 Å². The SMILES string of the molecule is CCO[Si](C)(CCCCO[Si](C)(C)C)OCC. The van der Waals surface area contributed by atoms with Crippen molar-refractivity contribution in [3.05, 3.63) is 0 Å². The molecule has 0 radical (unpaired) electrons. The van der Waals surface area contributed by atoms with E-state index < -0.39 is 16.9 Å². The summed E-state index contributed by atoms with van der Waals surface area (Å²) in [5, 5.41) is 0. The van der Waals surface area contributed by atoms with Gasteiger partial charge >= 0.3 is 8.56 Å². The molecule has 3 nitrogen and oxygen atoms in total. The zero-order chi connectivity index (χ0) is 13.4. The minimum absolute atomic E-state index is 0.758. The molecule has 0 bridgehead atoms. The lowest BCUT2D eigenvalue weighted by molar-refractivity contribution is 0.187. The summed E-state index contributed by atoms with van der Waals surface area (Å²) in [5.74, 6) is 0. The number of hydrogen-bond donors (Lipinski definition) is 0. The number of unbranched alkanes of at least 4 members (excludes halogenated alkanes) is 1. The van der Waals surface area contributed by atoms with Crippen molar-refractivity contribution in [2.45, 2.75) is 58.9 Å². The zero-order valence-electron chi connectivity index (χ0n) is 12.5. The van der Waals surface area contributed by atoms with Crippen LogP contribution in [0.25, 0.3) is 0 Å². The largest absolute Gasteiger partial charge is 0.418 e. The number of rotatable bonds is 10. The maximum atomic E-state index is 5.84. The zero-order valence-corrected chi connectivity index (χ0v) is 14.5. The van der Waals surface area contributed by atoms with Crippen molar-refractivity contribution in [2.24, 2.45) is 0 Å². The summed E-state index contributed by atoms with van der Waals surface area (Å²) < 4.78 is 17.4. The first-order chi connectivity index (χ1) is 7.83. The Kier molecular flexibility index (Phi) is 8.58. The molecule has 0 unspecified atom stereocenters. The summed E-state index contributed by atoms with van der Waals surface area (Å²) in [6, 6.07) is 1.07. The summed E-state index contributed by atoms with van der Waals surface area (Å²) in [7, 11) is -3.22.